The van der Waals surface area contributed by atoms with Crippen LogP contribution in [0, 0.1) is 0 Å². The van der Waals surface area contributed by atoms with Gasteiger partial charge in [-0.25, -0.2) is 0 Å². The maximum atomic E-state index is 12.8. The number of hydrogen-bond acceptors (Lipinski definition) is 8. The first-order valence-electron chi connectivity index (χ1n) is 27.0. The number of nitrogens with zero attached hydrogens (tertiary/aromatic N) is 1. The van der Waals surface area contributed by atoms with E-state index in [1.165, 1.54) is 186 Å². The van der Waals surface area contributed by atoms with E-state index in [2.05, 4.69) is 38.2 Å². The molecule has 10 heteroatoms. The Balaban J connectivity index is 4.19. The van der Waals surface area contributed by atoms with E-state index >= 15 is 0 Å². The van der Waals surface area contributed by atoms with Gasteiger partial charge in [0.1, 0.15) is 19.8 Å². The molecule has 378 valence electrons. The first-order chi connectivity index (χ1) is 31.0. The average molecular weight is 926 g/mol. The summed E-state index contributed by atoms with van der Waals surface area (Å²) in [5, 5.41) is 0. The van der Waals surface area contributed by atoms with Crippen LogP contribution in [0.1, 0.15) is 258 Å². The standard InChI is InChI=1S/C54H104NO8P/c1-6-8-10-12-14-16-18-20-22-24-26-27-29-31-33-35-37-39-41-43-45-47-54(57)63-52(51-62-64(58,59)61-49-48-55(3,4)5)50-60-53(56)46-44-42-40-38-36-34-32-30-28-25-23-21-19-17-15-13-11-9-7-2/h15,17,21,23,52H,6-14,16,18-20,22,24-51H2,1-5H3/b17-15+,23-21+/t52-/m1/s1. The molecule has 0 heterocycles. The van der Waals surface area contributed by atoms with Gasteiger partial charge in [0.05, 0.1) is 27.7 Å². The van der Waals surface area contributed by atoms with Crippen LogP contribution in [-0.2, 0) is 32.7 Å². The summed E-state index contributed by atoms with van der Waals surface area (Å²) in [6.07, 6.45) is 53.5. The lowest BCUT2D eigenvalue weighted by Gasteiger charge is -2.28. The van der Waals surface area contributed by atoms with E-state index in [1.807, 2.05) is 21.1 Å². The summed E-state index contributed by atoms with van der Waals surface area (Å²) in [5.41, 5.74) is 0. The van der Waals surface area contributed by atoms with Crippen LogP contribution >= 0.6 is 7.82 Å². The average Bonchev–Trinajstić information content (AvgIpc) is 3.25. The monoisotopic (exact) mass is 926 g/mol. The van der Waals surface area contributed by atoms with Gasteiger partial charge in [-0.1, -0.05) is 224 Å². The maximum Gasteiger partial charge on any atom is 0.306 e. The molecule has 1 unspecified atom stereocenters. The Morgan fingerprint density at radius 2 is 0.844 bits per heavy atom. The molecule has 0 saturated carbocycles. The highest BCUT2D eigenvalue weighted by atomic mass is 31.2. The fourth-order valence-corrected chi connectivity index (χ4v) is 8.48. The molecule has 0 aliphatic heterocycles. The minimum Gasteiger partial charge on any atom is -0.756 e. The van der Waals surface area contributed by atoms with Crippen molar-refractivity contribution >= 4 is 19.8 Å². The molecule has 0 N–H and O–H groups in total. The quantitative estimate of drug-likeness (QED) is 0.0195. The normalized spacial score (nSPS) is 13.5. The van der Waals surface area contributed by atoms with Crippen LogP contribution in [0.5, 0.6) is 0 Å². The van der Waals surface area contributed by atoms with Crippen molar-refractivity contribution in [3.63, 3.8) is 0 Å². The Bertz CT molecular complexity index is 1140. The summed E-state index contributed by atoms with van der Waals surface area (Å²) in [6, 6.07) is 0. The smallest absolute Gasteiger partial charge is 0.306 e. The second-order valence-electron chi connectivity index (χ2n) is 19.6. The van der Waals surface area contributed by atoms with Crippen LogP contribution in [-0.4, -0.2) is 70.0 Å². The predicted molar refractivity (Wildman–Crippen MR) is 268 cm³/mol. The lowest BCUT2D eigenvalue weighted by Crippen LogP contribution is -2.37. The van der Waals surface area contributed by atoms with Gasteiger partial charge in [0.15, 0.2) is 6.10 Å². The molecular formula is C54H104NO8P. The summed E-state index contributed by atoms with van der Waals surface area (Å²) in [6.45, 7) is 4.25. The zero-order valence-electron chi connectivity index (χ0n) is 42.7. The van der Waals surface area contributed by atoms with Gasteiger partial charge in [0.2, 0.25) is 0 Å². The van der Waals surface area contributed by atoms with Crippen molar-refractivity contribution in [2.45, 2.75) is 264 Å². The number of rotatable bonds is 50. The molecule has 0 saturated heterocycles. The Kier molecular flexibility index (Phi) is 45.5. The maximum absolute atomic E-state index is 12.8. The third kappa shape index (κ3) is 49.9. The van der Waals surface area contributed by atoms with E-state index in [4.69, 9.17) is 18.5 Å². The molecule has 0 aromatic rings. The number of hydrogen-bond donors (Lipinski definition) is 0. The molecule has 0 aliphatic carbocycles. The van der Waals surface area contributed by atoms with Gasteiger partial charge in [0, 0.05) is 12.8 Å². The van der Waals surface area contributed by atoms with Gasteiger partial charge in [-0.05, 0) is 44.9 Å². The Labute approximate surface area is 396 Å². The van der Waals surface area contributed by atoms with Gasteiger partial charge < -0.3 is 27.9 Å². The highest BCUT2D eigenvalue weighted by Gasteiger charge is 2.21. The van der Waals surface area contributed by atoms with Gasteiger partial charge in [0.25, 0.3) is 7.82 Å². The van der Waals surface area contributed by atoms with Gasteiger partial charge in [-0.15, -0.1) is 0 Å². The van der Waals surface area contributed by atoms with E-state index in [1.54, 1.807) is 0 Å². The lowest BCUT2D eigenvalue weighted by molar-refractivity contribution is -0.870. The topological polar surface area (TPSA) is 111 Å². The highest BCUT2D eigenvalue weighted by molar-refractivity contribution is 7.45. The molecule has 0 fully saturated rings. The van der Waals surface area contributed by atoms with Crippen molar-refractivity contribution in [2.24, 2.45) is 0 Å². The molecule has 9 nitrogen and oxygen atoms in total. The molecule has 64 heavy (non-hydrogen) atoms. The van der Waals surface area contributed by atoms with Crippen LogP contribution in [0.4, 0.5) is 0 Å². The Morgan fingerprint density at radius 1 is 0.484 bits per heavy atom. The van der Waals surface area contributed by atoms with Crippen LogP contribution < -0.4 is 4.89 Å². The van der Waals surface area contributed by atoms with E-state index in [-0.39, 0.29) is 32.0 Å². The van der Waals surface area contributed by atoms with Crippen molar-refractivity contribution < 1.29 is 42.1 Å². The zero-order valence-corrected chi connectivity index (χ0v) is 43.6. The van der Waals surface area contributed by atoms with Crippen LogP contribution in [0.3, 0.4) is 0 Å². The molecule has 0 aromatic carbocycles. The van der Waals surface area contributed by atoms with E-state index in [9.17, 15) is 19.0 Å². The molecule has 0 rings (SSSR count). The number of phosphoric acid groups is 1. The number of esters is 2. The van der Waals surface area contributed by atoms with E-state index in [0.29, 0.717) is 17.4 Å². The first kappa shape index (κ1) is 62.5. The molecule has 0 bridgehead atoms. The molecular weight excluding hydrogens is 822 g/mol. The number of quaternary nitrogens is 1. The number of carbonyl (C=O) groups excluding carboxylic acids is 2. The fourth-order valence-electron chi connectivity index (χ4n) is 7.75. The third-order valence-corrected chi connectivity index (χ3v) is 12.9. The molecule has 0 aliphatic rings. The minimum atomic E-state index is -4.63. The van der Waals surface area contributed by atoms with Crippen molar-refractivity contribution in [2.75, 3.05) is 47.5 Å². The third-order valence-electron chi connectivity index (χ3n) is 12.0. The number of phosphoric ester groups is 1. The molecule has 0 aromatic heterocycles. The number of unbranched alkanes of at least 4 members (excludes halogenated alkanes) is 32. The first-order valence-corrected chi connectivity index (χ1v) is 28.5. The van der Waals surface area contributed by atoms with Crippen LogP contribution in [0.2, 0.25) is 0 Å². The van der Waals surface area contributed by atoms with E-state index in [0.717, 1.165) is 38.5 Å². The summed E-state index contributed by atoms with van der Waals surface area (Å²) in [7, 11) is 1.18. The SMILES string of the molecule is CCCCC/C=C/C/C=C/CCCCCCCCCCCC(=O)OC[C@H](COP(=O)([O-])OCC[N+](C)(C)C)OC(=O)CCCCCCCCCCCCCCCCCCCCCCC. The Hall–Kier alpha value is -1.51. The largest absolute Gasteiger partial charge is 0.756 e. The van der Waals surface area contributed by atoms with Crippen molar-refractivity contribution in [1.29, 1.82) is 0 Å². The highest BCUT2D eigenvalue weighted by Crippen LogP contribution is 2.38. The Morgan fingerprint density at radius 3 is 1.27 bits per heavy atom. The van der Waals surface area contributed by atoms with Crippen molar-refractivity contribution in [3.05, 3.63) is 24.3 Å². The summed E-state index contributed by atoms with van der Waals surface area (Å²) in [4.78, 5) is 37.8. The second-order valence-corrected chi connectivity index (χ2v) is 21.0. The fraction of sp³-hybridized carbons (Fsp3) is 0.889. The number of carbonyl (C=O) groups is 2. The van der Waals surface area contributed by atoms with Crippen molar-refractivity contribution in [3.8, 4) is 0 Å². The molecule has 0 radical (unpaired) electrons. The predicted octanol–water partition coefficient (Wildman–Crippen LogP) is 15.6. The summed E-state index contributed by atoms with van der Waals surface area (Å²) >= 11 is 0. The van der Waals surface area contributed by atoms with Gasteiger partial charge in [-0.2, -0.15) is 0 Å². The molecule has 0 amide bonds. The van der Waals surface area contributed by atoms with Gasteiger partial charge >= 0.3 is 11.9 Å². The number of likely N-dealkylation sites (N-methyl/N-ethyl adjacent to an activating group) is 1. The van der Waals surface area contributed by atoms with Crippen molar-refractivity contribution in [1.82, 2.24) is 0 Å². The second kappa shape index (κ2) is 46.6. The van der Waals surface area contributed by atoms with E-state index < -0.39 is 26.5 Å². The van der Waals surface area contributed by atoms with Crippen LogP contribution in [0.25, 0.3) is 0 Å². The van der Waals surface area contributed by atoms with Crippen LogP contribution in [0.15, 0.2) is 24.3 Å². The molecule has 0 spiro atoms. The number of ether oxygens (including phenoxy) is 2. The lowest BCUT2D eigenvalue weighted by atomic mass is 10.0. The summed E-state index contributed by atoms with van der Waals surface area (Å²) in [5.74, 6) is -0.825. The minimum absolute atomic E-state index is 0.0290. The summed E-state index contributed by atoms with van der Waals surface area (Å²) < 4.78 is 34.1. The zero-order chi connectivity index (χ0) is 47.1. The van der Waals surface area contributed by atoms with Gasteiger partial charge in [-0.3, -0.25) is 14.2 Å². The number of allylic oxidation sites excluding steroid dienone is 4. The molecule has 2 atom stereocenters.